The van der Waals surface area contributed by atoms with Gasteiger partial charge in [-0.3, -0.25) is 4.90 Å². The van der Waals surface area contributed by atoms with Gasteiger partial charge in [-0.2, -0.15) is 0 Å². The van der Waals surface area contributed by atoms with Gasteiger partial charge in [-0.25, -0.2) is 9.18 Å². The van der Waals surface area contributed by atoms with E-state index in [-0.39, 0.29) is 23.3 Å². The van der Waals surface area contributed by atoms with Crippen LogP contribution in [0.25, 0.3) is 0 Å². The topological polar surface area (TPSA) is 40.5 Å². The lowest BCUT2D eigenvalue weighted by atomic mass is 9.73. The van der Waals surface area contributed by atoms with E-state index in [1.165, 1.54) is 6.07 Å². The van der Waals surface area contributed by atoms with Gasteiger partial charge in [0.25, 0.3) is 0 Å². The first-order chi connectivity index (χ1) is 15.7. The summed E-state index contributed by atoms with van der Waals surface area (Å²) < 4.78 is 14.9. The summed E-state index contributed by atoms with van der Waals surface area (Å²) in [6.45, 7) is 6.03. The average molecular weight is 531 g/mol. The highest BCUT2D eigenvalue weighted by molar-refractivity contribution is 9.10. The van der Waals surface area contributed by atoms with Gasteiger partial charge in [-0.05, 0) is 76.9 Å². The van der Waals surface area contributed by atoms with Crippen LogP contribution in [0.5, 0.6) is 0 Å². The molecule has 3 aromatic carbocycles. The first kappa shape index (κ1) is 23.9. The van der Waals surface area contributed by atoms with Gasteiger partial charge < -0.3 is 5.11 Å². The van der Waals surface area contributed by atoms with Gasteiger partial charge in [-0.15, -0.1) is 0 Å². The molecule has 0 saturated carbocycles. The van der Waals surface area contributed by atoms with E-state index in [1.54, 1.807) is 24.3 Å². The zero-order valence-electron chi connectivity index (χ0n) is 18.5. The van der Waals surface area contributed by atoms with Crippen LogP contribution in [0.1, 0.15) is 52.9 Å². The van der Waals surface area contributed by atoms with Crippen molar-refractivity contribution in [3.63, 3.8) is 0 Å². The molecule has 1 fully saturated rings. The smallest absolute Gasteiger partial charge is 0.335 e. The van der Waals surface area contributed by atoms with Crippen molar-refractivity contribution in [3.05, 3.63) is 104 Å². The lowest BCUT2D eigenvalue weighted by Crippen LogP contribution is -2.51. The SMILES string of the molecule is CC(C)[C@H](c1cc(F)cc(Br)c1)C1CN(C(c2ccc(Cl)cc2)c2cccc(C(=O)O)c2)C1. The maximum Gasteiger partial charge on any atom is 0.335 e. The number of nitrogens with zero attached hydrogens (tertiary/aromatic N) is 1. The Labute approximate surface area is 207 Å². The fraction of sp³-hybridized carbons (Fsp3) is 0.296. The van der Waals surface area contributed by atoms with Gasteiger partial charge in [0.15, 0.2) is 0 Å². The summed E-state index contributed by atoms with van der Waals surface area (Å²) in [5.41, 5.74) is 3.28. The Morgan fingerprint density at radius 2 is 1.73 bits per heavy atom. The summed E-state index contributed by atoms with van der Waals surface area (Å²) in [4.78, 5) is 13.9. The van der Waals surface area contributed by atoms with Crippen molar-refractivity contribution >= 4 is 33.5 Å². The quantitative estimate of drug-likeness (QED) is 0.346. The number of benzene rings is 3. The third-order valence-electron chi connectivity index (χ3n) is 6.43. The minimum Gasteiger partial charge on any atom is -0.478 e. The summed E-state index contributed by atoms with van der Waals surface area (Å²) in [5, 5.41) is 10.2. The third-order valence-corrected chi connectivity index (χ3v) is 7.14. The Morgan fingerprint density at radius 1 is 1.03 bits per heavy atom. The number of carbonyl (C=O) groups is 1. The first-order valence-electron chi connectivity index (χ1n) is 11.0. The molecule has 0 bridgehead atoms. The molecule has 0 aliphatic carbocycles. The maximum atomic E-state index is 14.1. The molecule has 1 unspecified atom stereocenters. The van der Waals surface area contributed by atoms with Gasteiger partial charge in [0, 0.05) is 22.6 Å². The predicted octanol–water partition coefficient (Wildman–Crippen LogP) is 7.40. The molecule has 3 aromatic rings. The fourth-order valence-electron chi connectivity index (χ4n) is 5.06. The predicted molar refractivity (Wildman–Crippen MR) is 133 cm³/mol. The molecule has 1 saturated heterocycles. The average Bonchev–Trinajstić information content (AvgIpc) is 2.72. The molecule has 1 N–H and O–H groups in total. The summed E-state index contributed by atoms with van der Waals surface area (Å²) in [6.07, 6.45) is 0. The Bertz CT molecular complexity index is 1120. The Morgan fingerprint density at radius 3 is 2.33 bits per heavy atom. The minimum absolute atomic E-state index is 0.0788. The third kappa shape index (κ3) is 5.32. The van der Waals surface area contributed by atoms with Crippen molar-refractivity contribution in [2.24, 2.45) is 11.8 Å². The molecule has 2 atom stereocenters. The summed E-state index contributed by atoms with van der Waals surface area (Å²) in [5.74, 6) is -0.216. The number of rotatable bonds is 7. The van der Waals surface area contributed by atoms with E-state index in [9.17, 15) is 14.3 Å². The number of hydrogen-bond donors (Lipinski definition) is 1. The highest BCUT2D eigenvalue weighted by Crippen LogP contribution is 2.43. The van der Waals surface area contributed by atoms with Crippen LogP contribution in [-0.4, -0.2) is 29.1 Å². The molecule has 172 valence electrons. The Kier molecular flexibility index (Phi) is 7.22. The number of aromatic carboxylic acids is 1. The van der Waals surface area contributed by atoms with E-state index >= 15 is 0 Å². The van der Waals surface area contributed by atoms with Crippen molar-refractivity contribution in [3.8, 4) is 0 Å². The number of halogens is 3. The second-order valence-electron chi connectivity index (χ2n) is 9.07. The molecule has 33 heavy (non-hydrogen) atoms. The summed E-state index contributed by atoms with van der Waals surface area (Å²) in [7, 11) is 0. The van der Waals surface area contributed by atoms with Crippen molar-refractivity contribution < 1.29 is 14.3 Å². The molecular weight excluding hydrogens is 505 g/mol. The highest BCUT2D eigenvalue weighted by atomic mass is 79.9. The van der Waals surface area contributed by atoms with E-state index in [0.717, 1.165) is 34.3 Å². The van der Waals surface area contributed by atoms with Crippen molar-refractivity contribution in [2.75, 3.05) is 13.1 Å². The van der Waals surface area contributed by atoms with E-state index in [0.29, 0.717) is 16.9 Å². The van der Waals surface area contributed by atoms with E-state index in [4.69, 9.17) is 11.6 Å². The number of carboxylic acids is 1. The maximum absolute atomic E-state index is 14.1. The molecule has 1 aliphatic rings. The zero-order valence-corrected chi connectivity index (χ0v) is 20.9. The zero-order chi connectivity index (χ0) is 23.7. The van der Waals surface area contributed by atoms with Crippen molar-refractivity contribution in [2.45, 2.75) is 25.8 Å². The molecule has 0 amide bonds. The van der Waals surface area contributed by atoms with E-state index < -0.39 is 5.97 Å². The summed E-state index contributed by atoms with van der Waals surface area (Å²) in [6, 6.07) is 19.9. The van der Waals surface area contributed by atoms with Crippen LogP contribution in [0.3, 0.4) is 0 Å². The summed E-state index contributed by atoms with van der Waals surface area (Å²) >= 11 is 9.55. The van der Waals surface area contributed by atoms with Crippen LogP contribution in [0.15, 0.2) is 71.2 Å². The molecule has 4 rings (SSSR count). The molecule has 0 radical (unpaired) electrons. The molecule has 6 heteroatoms. The second-order valence-corrected chi connectivity index (χ2v) is 10.4. The molecule has 3 nitrogen and oxygen atoms in total. The fourth-order valence-corrected chi connectivity index (χ4v) is 5.67. The second kappa shape index (κ2) is 9.96. The standard InChI is InChI=1S/C27H26BrClFNO2/c1-16(2)25(20-11-22(28)13-24(30)12-20)21-14-31(15-21)26(17-6-8-23(29)9-7-17)18-4-3-5-19(10-18)27(32)33/h3-13,16,21,25-26H,14-15H2,1-2H3,(H,32,33)/t25-,26?/m1/s1. The molecular formula is C27H26BrClFNO2. The largest absolute Gasteiger partial charge is 0.478 e. The Balaban J connectivity index is 1.64. The van der Waals surface area contributed by atoms with Crippen LogP contribution < -0.4 is 0 Å². The lowest BCUT2D eigenvalue weighted by Gasteiger charge is -2.49. The van der Waals surface area contributed by atoms with Crippen LogP contribution in [0.2, 0.25) is 5.02 Å². The Hall–Kier alpha value is -2.21. The van der Waals surface area contributed by atoms with Gasteiger partial charge in [0.2, 0.25) is 0 Å². The van der Waals surface area contributed by atoms with Crippen LogP contribution in [-0.2, 0) is 0 Å². The minimum atomic E-state index is -0.940. The number of likely N-dealkylation sites (tertiary alicyclic amines) is 1. The monoisotopic (exact) mass is 529 g/mol. The molecule has 1 aliphatic heterocycles. The van der Waals surface area contributed by atoms with Gasteiger partial charge >= 0.3 is 5.97 Å². The van der Waals surface area contributed by atoms with Crippen molar-refractivity contribution in [1.82, 2.24) is 4.90 Å². The van der Waals surface area contributed by atoms with Crippen molar-refractivity contribution in [1.29, 1.82) is 0 Å². The van der Waals surface area contributed by atoms with Crippen LogP contribution in [0, 0.1) is 17.7 Å². The van der Waals surface area contributed by atoms with Gasteiger partial charge in [0.1, 0.15) is 5.82 Å². The van der Waals surface area contributed by atoms with E-state index in [1.807, 2.05) is 36.4 Å². The van der Waals surface area contributed by atoms with E-state index in [2.05, 4.69) is 34.7 Å². The number of hydrogen-bond acceptors (Lipinski definition) is 2. The first-order valence-corrected chi connectivity index (χ1v) is 12.2. The highest BCUT2D eigenvalue weighted by Gasteiger charge is 2.40. The van der Waals surface area contributed by atoms with Gasteiger partial charge in [0.05, 0.1) is 11.6 Å². The molecule has 1 heterocycles. The van der Waals surface area contributed by atoms with Crippen LogP contribution >= 0.6 is 27.5 Å². The van der Waals surface area contributed by atoms with Crippen LogP contribution in [0.4, 0.5) is 4.39 Å². The number of carboxylic acid groups (broad SMARTS) is 1. The molecule has 0 aromatic heterocycles. The van der Waals surface area contributed by atoms with Gasteiger partial charge in [-0.1, -0.05) is 65.6 Å². The normalized spacial score (nSPS) is 16.4. The lowest BCUT2D eigenvalue weighted by molar-refractivity contribution is 0.0410. The molecule has 0 spiro atoms.